The molecule has 144 valence electrons. The lowest BCUT2D eigenvalue weighted by Gasteiger charge is -2.17. The summed E-state index contributed by atoms with van der Waals surface area (Å²) < 4.78 is 32.7. The number of ether oxygens (including phenoxy) is 1. The van der Waals surface area contributed by atoms with Crippen LogP contribution in [0.5, 0.6) is 0 Å². The number of rotatable bonds is 8. The molecule has 0 fully saturated rings. The monoisotopic (exact) mass is 388 g/mol. The first kappa shape index (κ1) is 19.5. The lowest BCUT2D eigenvalue weighted by molar-refractivity contribution is 0.0989. The van der Waals surface area contributed by atoms with Gasteiger partial charge in [-0.3, -0.25) is 4.79 Å². The second-order valence-corrected chi connectivity index (χ2v) is 8.08. The van der Waals surface area contributed by atoms with Gasteiger partial charge in [0.15, 0.2) is 0 Å². The van der Waals surface area contributed by atoms with E-state index in [1.807, 2.05) is 25.1 Å². The molecule has 6 nitrogen and oxygen atoms in total. The maximum Gasteiger partial charge on any atom is 0.258 e. The van der Waals surface area contributed by atoms with Gasteiger partial charge in [0.2, 0.25) is 10.0 Å². The van der Waals surface area contributed by atoms with Crippen molar-refractivity contribution in [1.29, 1.82) is 0 Å². The fourth-order valence-corrected chi connectivity index (χ4v) is 4.23. The Balaban J connectivity index is 1.71. The molecule has 1 heterocycles. The maximum atomic E-state index is 12.7. The van der Waals surface area contributed by atoms with E-state index < -0.39 is 10.0 Å². The van der Waals surface area contributed by atoms with Crippen molar-refractivity contribution in [2.24, 2.45) is 0 Å². The third kappa shape index (κ3) is 4.55. The highest BCUT2D eigenvalue weighted by Crippen LogP contribution is 2.31. The van der Waals surface area contributed by atoms with Crippen molar-refractivity contribution in [3.63, 3.8) is 0 Å². The number of carbonyl (C=O) groups excluding carboxylic acids is 1. The van der Waals surface area contributed by atoms with Gasteiger partial charge in [0.1, 0.15) is 0 Å². The molecule has 1 amide bonds. The normalized spacial score (nSPS) is 13.6. The van der Waals surface area contributed by atoms with Crippen molar-refractivity contribution >= 4 is 21.6 Å². The van der Waals surface area contributed by atoms with E-state index in [2.05, 4.69) is 4.72 Å². The van der Waals surface area contributed by atoms with Gasteiger partial charge < -0.3 is 9.64 Å². The topological polar surface area (TPSA) is 75.7 Å². The molecular weight excluding hydrogens is 364 g/mol. The number of hydrogen-bond acceptors (Lipinski definition) is 4. The first-order valence-electron chi connectivity index (χ1n) is 9.10. The summed E-state index contributed by atoms with van der Waals surface area (Å²) in [5.74, 6) is -0.0704. The van der Waals surface area contributed by atoms with Crippen LogP contribution in [0.25, 0.3) is 0 Å². The van der Waals surface area contributed by atoms with E-state index in [0.29, 0.717) is 44.7 Å². The predicted octanol–water partition coefficient (Wildman–Crippen LogP) is 2.59. The first-order chi connectivity index (χ1) is 13.0. The summed E-state index contributed by atoms with van der Waals surface area (Å²) in [7, 11) is -3.57. The lowest BCUT2D eigenvalue weighted by Crippen LogP contribution is -2.28. The molecule has 0 saturated carbocycles. The molecule has 2 aromatic rings. The van der Waals surface area contributed by atoms with Crippen molar-refractivity contribution in [2.75, 3.05) is 31.2 Å². The van der Waals surface area contributed by atoms with Crippen LogP contribution in [-0.4, -0.2) is 40.6 Å². The Morgan fingerprint density at radius 3 is 2.70 bits per heavy atom. The molecule has 0 aromatic heterocycles. The van der Waals surface area contributed by atoms with Crippen LogP contribution in [-0.2, 0) is 21.2 Å². The second-order valence-electron chi connectivity index (χ2n) is 6.31. The largest absolute Gasteiger partial charge is 0.382 e. The number of carbonyl (C=O) groups is 1. The minimum atomic E-state index is -3.57. The van der Waals surface area contributed by atoms with E-state index in [0.717, 1.165) is 11.3 Å². The van der Waals surface area contributed by atoms with Crippen LogP contribution in [0.2, 0.25) is 0 Å². The zero-order valence-electron chi connectivity index (χ0n) is 15.3. The Bertz CT molecular complexity index is 897. The number of anilines is 1. The molecule has 0 aliphatic carbocycles. The van der Waals surface area contributed by atoms with Gasteiger partial charge in [-0.05, 0) is 55.7 Å². The summed E-state index contributed by atoms with van der Waals surface area (Å²) in [6, 6.07) is 14.0. The molecule has 7 heteroatoms. The average molecular weight is 388 g/mol. The summed E-state index contributed by atoms with van der Waals surface area (Å²) in [6.45, 7) is 3.93. The third-order valence-electron chi connectivity index (χ3n) is 4.48. The Morgan fingerprint density at radius 1 is 1.19 bits per heavy atom. The van der Waals surface area contributed by atoms with Crippen LogP contribution in [0.15, 0.2) is 53.4 Å². The maximum absolute atomic E-state index is 12.7. The quantitative estimate of drug-likeness (QED) is 0.706. The van der Waals surface area contributed by atoms with Crippen LogP contribution in [0.4, 0.5) is 5.69 Å². The molecule has 0 spiro atoms. The van der Waals surface area contributed by atoms with Gasteiger partial charge in [0.05, 0.1) is 4.90 Å². The summed E-state index contributed by atoms with van der Waals surface area (Å²) in [4.78, 5) is 14.6. The Morgan fingerprint density at radius 2 is 1.96 bits per heavy atom. The summed E-state index contributed by atoms with van der Waals surface area (Å²) in [5, 5.41) is 0. The van der Waals surface area contributed by atoms with E-state index in [1.165, 1.54) is 0 Å². The highest BCUT2D eigenvalue weighted by molar-refractivity contribution is 7.89. The molecule has 0 saturated heterocycles. The van der Waals surface area contributed by atoms with E-state index in [-0.39, 0.29) is 10.8 Å². The summed E-state index contributed by atoms with van der Waals surface area (Å²) in [6.07, 6.45) is 1.26. The fourth-order valence-electron chi connectivity index (χ4n) is 3.10. The predicted molar refractivity (Wildman–Crippen MR) is 105 cm³/mol. The molecule has 0 atom stereocenters. The van der Waals surface area contributed by atoms with Crippen LogP contribution in [0, 0.1) is 0 Å². The van der Waals surface area contributed by atoms with Gasteiger partial charge in [-0.1, -0.05) is 18.2 Å². The van der Waals surface area contributed by atoms with E-state index in [1.54, 1.807) is 35.2 Å². The molecule has 0 bridgehead atoms. The van der Waals surface area contributed by atoms with E-state index >= 15 is 0 Å². The average Bonchev–Trinajstić information content (AvgIpc) is 3.11. The highest BCUT2D eigenvalue weighted by Gasteiger charge is 2.27. The molecule has 1 N–H and O–H groups in total. The van der Waals surface area contributed by atoms with Crippen molar-refractivity contribution in [1.82, 2.24) is 4.72 Å². The minimum Gasteiger partial charge on any atom is -0.382 e. The Kier molecular flexibility index (Phi) is 6.26. The van der Waals surface area contributed by atoms with Crippen molar-refractivity contribution < 1.29 is 17.9 Å². The third-order valence-corrected chi connectivity index (χ3v) is 5.94. The molecule has 2 aromatic carbocycles. The van der Waals surface area contributed by atoms with Crippen LogP contribution >= 0.6 is 0 Å². The van der Waals surface area contributed by atoms with Gasteiger partial charge in [0, 0.05) is 37.6 Å². The number of hydrogen-bond donors (Lipinski definition) is 1. The van der Waals surface area contributed by atoms with Crippen LogP contribution in [0.1, 0.15) is 29.3 Å². The Hall–Kier alpha value is -2.22. The molecule has 0 unspecified atom stereocenters. The minimum absolute atomic E-state index is 0.0704. The van der Waals surface area contributed by atoms with Crippen molar-refractivity contribution in [3.8, 4) is 0 Å². The summed E-state index contributed by atoms with van der Waals surface area (Å²) >= 11 is 0. The van der Waals surface area contributed by atoms with Crippen molar-refractivity contribution in [3.05, 3.63) is 59.7 Å². The number of benzene rings is 2. The lowest BCUT2D eigenvalue weighted by atomic mass is 10.1. The van der Waals surface area contributed by atoms with Gasteiger partial charge in [-0.25, -0.2) is 13.1 Å². The number of nitrogens with zero attached hydrogens (tertiary/aromatic N) is 1. The van der Waals surface area contributed by atoms with Gasteiger partial charge in [-0.15, -0.1) is 0 Å². The molecular formula is C20H24N2O4S. The van der Waals surface area contributed by atoms with Gasteiger partial charge >= 0.3 is 0 Å². The number of sulfonamides is 1. The zero-order valence-corrected chi connectivity index (χ0v) is 16.2. The molecule has 1 aliphatic rings. The first-order valence-corrected chi connectivity index (χ1v) is 10.6. The van der Waals surface area contributed by atoms with E-state index in [4.69, 9.17) is 4.74 Å². The Labute approximate surface area is 160 Å². The molecule has 3 rings (SSSR count). The van der Waals surface area contributed by atoms with E-state index in [9.17, 15) is 13.2 Å². The second kappa shape index (κ2) is 8.65. The smallest absolute Gasteiger partial charge is 0.258 e. The zero-order chi connectivity index (χ0) is 19.3. The van der Waals surface area contributed by atoms with Crippen LogP contribution in [0.3, 0.4) is 0 Å². The summed E-state index contributed by atoms with van der Waals surface area (Å²) in [5.41, 5.74) is 2.27. The van der Waals surface area contributed by atoms with Crippen LogP contribution < -0.4 is 9.62 Å². The highest BCUT2D eigenvalue weighted by atomic mass is 32.2. The van der Waals surface area contributed by atoms with Gasteiger partial charge in [-0.2, -0.15) is 0 Å². The van der Waals surface area contributed by atoms with Crippen molar-refractivity contribution in [2.45, 2.75) is 24.7 Å². The fraction of sp³-hybridized carbons (Fsp3) is 0.350. The molecule has 1 aliphatic heterocycles. The number of fused-ring (bicyclic) bond motifs is 1. The SMILES string of the molecule is CCOCCCNS(=O)(=O)c1ccc2c(c1)CCN2C(=O)c1ccccc1. The number of amides is 1. The standard InChI is InChI=1S/C20H24N2O4S/c1-2-26-14-6-12-21-27(24,25)18-9-10-19-17(15-18)11-13-22(19)20(23)16-7-4-3-5-8-16/h3-5,7-10,15,21H,2,6,11-14H2,1H3. The number of nitrogens with one attached hydrogen (secondary N) is 1. The van der Waals surface area contributed by atoms with Gasteiger partial charge in [0.25, 0.3) is 5.91 Å². The molecule has 0 radical (unpaired) electrons. The molecule has 27 heavy (non-hydrogen) atoms.